The first kappa shape index (κ1) is 14.5. The highest BCUT2D eigenvalue weighted by Crippen LogP contribution is 2.14. The molecule has 18 heavy (non-hydrogen) atoms. The molecule has 0 aromatic heterocycles. The van der Waals surface area contributed by atoms with E-state index in [1.807, 2.05) is 6.07 Å². The molecule has 0 aliphatic carbocycles. The number of nitrogens with zero attached hydrogens (tertiary/aromatic N) is 1. The number of carbonyl (C=O) groups excluding carboxylic acids is 2. The summed E-state index contributed by atoms with van der Waals surface area (Å²) in [5, 5.41) is 11.4. The van der Waals surface area contributed by atoms with Crippen LogP contribution in [0.4, 0.5) is 0 Å². The van der Waals surface area contributed by atoms with Crippen LogP contribution in [0, 0.1) is 23.2 Å². The van der Waals surface area contributed by atoms with Crippen LogP contribution >= 0.6 is 0 Å². The van der Waals surface area contributed by atoms with E-state index in [9.17, 15) is 9.59 Å². The fourth-order valence-electron chi connectivity index (χ4n) is 1.79. The van der Waals surface area contributed by atoms with Gasteiger partial charge in [0.05, 0.1) is 25.7 Å². The Morgan fingerprint density at radius 3 is 2.83 bits per heavy atom. The molecule has 1 aliphatic rings. The van der Waals surface area contributed by atoms with E-state index in [-0.39, 0.29) is 24.2 Å². The number of esters is 1. The Morgan fingerprint density at radius 1 is 1.61 bits per heavy atom. The Bertz CT molecular complexity index is 344. The van der Waals surface area contributed by atoms with Crippen LogP contribution in [0.5, 0.6) is 0 Å². The third-order valence-corrected chi connectivity index (χ3v) is 2.91. The summed E-state index contributed by atoms with van der Waals surface area (Å²) in [5.74, 6) is -1.28. The summed E-state index contributed by atoms with van der Waals surface area (Å²) in [6.07, 6.45) is 0.913. The van der Waals surface area contributed by atoms with E-state index in [1.165, 1.54) is 7.11 Å². The fourth-order valence-corrected chi connectivity index (χ4v) is 1.79. The van der Waals surface area contributed by atoms with Gasteiger partial charge >= 0.3 is 5.97 Å². The van der Waals surface area contributed by atoms with E-state index in [0.29, 0.717) is 19.6 Å². The standard InChI is InChI=1S/C12H18N2O4/c1-8(6-13)5-10(12(16)17-2)14-11(15)9-3-4-18-7-9/h8-10H,3-5,7H2,1-2H3,(H,14,15)/t8-,9+,10+/m1/s1. The molecule has 0 radical (unpaired) electrons. The molecule has 1 aliphatic heterocycles. The van der Waals surface area contributed by atoms with Gasteiger partial charge in [0, 0.05) is 12.5 Å². The molecular weight excluding hydrogens is 236 g/mol. The molecule has 0 aromatic carbocycles. The van der Waals surface area contributed by atoms with Crippen LogP contribution in [-0.4, -0.2) is 38.2 Å². The fraction of sp³-hybridized carbons (Fsp3) is 0.750. The van der Waals surface area contributed by atoms with Gasteiger partial charge in [0.25, 0.3) is 0 Å². The van der Waals surface area contributed by atoms with E-state index in [1.54, 1.807) is 6.92 Å². The second kappa shape index (κ2) is 6.97. The maximum Gasteiger partial charge on any atom is 0.328 e. The Morgan fingerprint density at radius 2 is 2.33 bits per heavy atom. The first-order chi connectivity index (χ1) is 8.58. The van der Waals surface area contributed by atoms with Crippen LogP contribution in [0.15, 0.2) is 0 Å². The summed E-state index contributed by atoms with van der Waals surface area (Å²) in [6.45, 7) is 2.64. The zero-order chi connectivity index (χ0) is 13.5. The zero-order valence-electron chi connectivity index (χ0n) is 10.6. The lowest BCUT2D eigenvalue weighted by Gasteiger charge is -2.19. The van der Waals surface area contributed by atoms with E-state index >= 15 is 0 Å². The number of ether oxygens (including phenoxy) is 2. The molecule has 1 amide bonds. The topological polar surface area (TPSA) is 88.4 Å². The molecule has 100 valence electrons. The Balaban J connectivity index is 2.57. The van der Waals surface area contributed by atoms with Crippen LogP contribution < -0.4 is 5.32 Å². The maximum atomic E-state index is 11.9. The molecule has 0 aromatic rings. The number of amides is 1. The average molecular weight is 254 g/mol. The van der Waals surface area contributed by atoms with E-state index in [0.717, 1.165) is 0 Å². The van der Waals surface area contributed by atoms with Crippen molar-refractivity contribution in [1.82, 2.24) is 5.32 Å². The number of methoxy groups -OCH3 is 1. The van der Waals surface area contributed by atoms with Crippen molar-refractivity contribution in [2.45, 2.75) is 25.8 Å². The minimum absolute atomic E-state index is 0.213. The number of nitrogens with one attached hydrogen (secondary N) is 1. The van der Waals surface area contributed by atoms with Gasteiger partial charge in [-0.3, -0.25) is 4.79 Å². The number of hydrogen-bond acceptors (Lipinski definition) is 5. The van der Waals surface area contributed by atoms with Gasteiger partial charge in [-0.25, -0.2) is 4.79 Å². The first-order valence-electron chi connectivity index (χ1n) is 5.94. The number of nitriles is 1. The Labute approximate surface area is 106 Å². The largest absolute Gasteiger partial charge is 0.467 e. The number of rotatable bonds is 5. The summed E-state index contributed by atoms with van der Waals surface area (Å²) in [4.78, 5) is 23.4. The summed E-state index contributed by atoms with van der Waals surface area (Å²) in [6, 6.07) is 1.27. The lowest BCUT2D eigenvalue weighted by molar-refractivity contribution is -0.146. The van der Waals surface area contributed by atoms with Crippen molar-refractivity contribution in [3.8, 4) is 6.07 Å². The summed E-state index contributed by atoms with van der Waals surface area (Å²) >= 11 is 0. The molecule has 6 nitrogen and oxygen atoms in total. The highest BCUT2D eigenvalue weighted by molar-refractivity contribution is 5.85. The Kier molecular flexibility index (Phi) is 5.59. The van der Waals surface area contributed by atoms with Crippen LogP contribution in [0.3, 0.4) is 0 Å². The minimum Gasteiger partial charge on any atom is -0.467 e. The average Bonchev–Trinajstić information content (AvgIpc) is 2.90. The highest BCUT2D eigenvalue weighted by Gasteiger charge is 2.29. The van der Waals surface area contributed by atoms with Gasteiger partial charge in [0.1, 0.15) is 6.04 Å². The molecule has 1 rings (SSSR count). The number of carbonyl (C=O) groups is 2. The molecule has 1 heterocycles. The molecule has 1 N–H and O–H groups in total. The third kappa shape index (κ3) is 4.00. The summed E-state index contributed by atoms with van der Waals surface area (Å²) in [7, 11) is 1.26. The van der Waals surface area contributed by atoms with E-state index in [2.05, 4.69) is 10.1 Å². The SMILES string of the molecule is COC(=O)[C@H](C[C@@H](C)C#N)NC(=O)[C@H]1CCOC1. The van der Waals surface area contributed by atoms with Crippen molar-refractivity contribution in [1.29, 1.82) is 5.26 Å². The Hall–Kier alpha value is -1.61. The zero-order valence-corrected chi connectivity index (χ0v) is 10.6. The van der Waals surface area contributed by atoms with Crippen LogP contribution in [0.1, 0.15) is 19.8 Å². The van der Waals surface area contributed by atoms with Gasteiger partial charge in [-0.1, -0.05) is 0 Å². The van der Waals surface area contributed by atoms with Crippen LogP contribution in [0.2, 0.25) is 0 Å². The molecule has 6 heteroatoms. The van der Waals surface area contributed by atoms with Gasteiger partial charge in [-0.2, -0.15) is 5.26 Å². The second-order valence-electron chi connectivity index (χ2n) is 4.41. The van der Waals surface area contributed by atoms with Gasteiger partial charge in [-0.15, -0.1) is 0 Å². The van der Waals surface area contributed by atoms with Gasteiger partial charge in [-0.05, 0) is 19.8 Å². The molecule has 1 saturated heterocycles. The van der Waals surface area contributed by atoms with Crippen molar-refractivity contribution < 1.29 is 19.1 Å². The molecule has 3 atom stereocenters. The minimum atomic E-state index is -0.766. The van der Waals surface area contributed by atoms with Crippen molar-refractivity contribution in [2.24, 2.45) is 11.8 Å². The molecular formula is C12H18N2O4. The van der Waals surface area contributed by atoms with Crippen molar-refractivity contribution in [3.63, 3.8) is 0 Å². The number of hydrogen-bond donors (Lipinski definition) is 1. The monoisotopic (exact) mass is 254 g/mol. The quantitative estimate of drug-likeness (QED) is 0.709. The molecule has 0 bridgehead atoms. The third-order valence-electron chi connectivity index (χ3n) is 2.91. The molecule has 0 unspecified atom stereocenters. The molecule has 0 spiro atoms. The summed E-state index contributed by atoms with van der Waals surface area (Å²) < 4.78 is 9.75. The van der Waals surface area contributed by atoms with Crippen molar-refractivity contribution in [3.05, 3.63) is 0 Å². The predicted molar refractivity (Wildman–Crippen MR) is 62.3 cm³/mol. The first-order valence-corrected chi connectivity index (χ1v) is 5.94. The van der Waals surface area contributed by atoms with Crippen LogP contribution in [0.25, 0.3) is 0 Å². The molecule has 0 saturated carbocycles. The van der Waals surface area contributed by atoms with E-state index < -0.39 is 12.0 Å². The van der Waals surface area contributed by atoms with Gasteiger partial charge in [0.2, 0.25) is 5.91 Å². The van der Waals surface area contributed by atoms with E-state index in [4.69, 9.17) is 10.00 Å². The lowest BCUT2D eigenvalue weighted by Crippen LogP contribution is -2.45. The smallest absolute Gasteiger partial charge is 0.328 e. The van der Waals surface area contributed by atoms with Gasteiger partial charge in [0.15, 0.2) is 0 Å². The maximum absolute atomic E-state index is 11.9. The second-order valence-corrected chi connectivity index (χ2v) is 4.41. The predicted octanol–water partition coefficient (Wildman–Crippen LogP) is 0.230. The lowest BCUT2D eigenvalue weighted by atomic mass is 10.0. The van der Waals surface area contributed by atoms with Crippen LogP contribution in [-0.2, 0) is 19.1 Å². The molecule has 1 fully saturated rings. The van der Waals surface area contributed by atoms with Gasteiger partial charge < -0.3 is 14.8 Å². The normalized spacial score (nSPS) is 21.7. The summed E-state index contributed by atoms with van der Waals surface area (Å²) in [5.41, 5.74) is 0. The highest BCUT2D eigenvalue weighted by atomic mass is 16.5. The van der Waals surface area contributed by atoms with Crippen molar-refractivity contribution in [2.75, 3.05) is 20.3 Å². The van der Waals surface area contributed by atoms with Crippen molar-refractivity contribution >= 4 is 11.9 Å².